The molecule has 3 nitrogen and oxygen atoms in total. The summed E-state index contributed by atoms with van der Waals surface area (Å²) in [6.07, 6.45) is 3.81. The quantitative estimate of drug-likeness (QED) is 0.352. The van der Waals surface area contributed by atoms with E-state index in [1.165, 1.54) is 12.2 Å². The van der Waals surface area contributed by atoms with Crippen molar-refractivity contribution in [2.45, 2.75) is 6.92 Å². The summed E-state index contributed by atoms with van der Waals surface area (Å²) < 4.78 is 0. The number of rotatable bonds is 2. The standard InChI is InChI=1S/C7H7NO2/c1-2-6(7(9)10)4-3-5-8/h2-4H,1H3,(H,9,10). The van der Waals surface area contributed by atoms with Gasteiger partial charge in [0.2, 0.25) is 0 Å². The van der Waals surface area contributed by atoms with Crippen LogP contribution in [0.15, 0.2) is 23.8 Å². The molecule has 0 rings (SSSR count). The highest BCUT2D eigenvalue weighted by Gasteiger charge is 1.98. The van der Waals surface area contributed by atoms with Crippen molar-refractivity contribution in [3.05, 3.63) is 23.8 Å². The summed E-state index contributed by atoms with van der Waals surface area (Å²) in [6.45, 7) is 1.60. The van der Waals surface area contributed by atoms with Crippen LogP contribution in [0.4, 0.5) is 0 Å². The first-order valence-corrected chi connectivity index (χ1v) is 2.68. The maximum atomic E-state index is 10.2. The zero-order valence-corrected chi connectivity index (χ0v) is 5.53. The largest absolute Gasteiger partial charge is 0.478 e. The van der Waals surface area contributed by atoms with Crippen LogP contribution in [-0.4, -0.2) is 11.1 Å². The fraction of sp³-hybridized carbons (Fsp3) is 0.143. The molecule has 0 fully saturated rings. The van der Waals surface area contributed by atoms with E-state index in [4.69, 9.17) is 10.4 Å². The second-order valence-corrected chi connectivity index (χ2v) is 1.51. The summed E-state index contributed by atoms with van der Waals surface area (Å²) in [6, 6.07) is 1.70. The molecule has 0 amide bonds. The van der Waals surface area contributed by atoms with Gasteiger partial charge in [0.15, 0.2) is 0 Å². The molecule has 0 unspecified atom stereocenters. The number of nitriles is 1. The lowest BCUT2D eigenvalue weighted by Crippen LogP contribution is -1.96. The average molecular weight is 137 g/mol. The summed E-state index contributed by atoms with van der Waals surface area (Å²) in [7, 11) is 0. The van der Waals surface area contributed by atoms with Gasteiger partial charge in [0.25, 0.3) is 0 Å². The Morgan fingerprint density at radius 1 is 1.70 bits per heavy atom. The summed E-state index contributed by atoms with van der Waals surface area (Å²) in [5.41, 5.74) is 0.126. The summed E-state index contributed by atoms with van der Waals surface area (Å²) in [5.74, 6) is -1.02. The lowest BCUT2D eigenvalue weighted by atomic mass is 10.2. The van der Waals surface area contributed by atoms with Crippen LogP contribution in [0, 0.1) is 11.3 Å². The Morgan fingerprint density at radius 2 is 2.30 bits per heavy atom. The zero-order valence-electron chi connectivity index (χ0n) is 5.53. The van der Waals surface area contributed by atoms with Gasteiger partial charge in [-0.25, -0.2) is 4.79 Å². The van der Waals surface area contributed by atoms with E-state index >= 15 is 0 Å². The van der Waals surface area contributed by atoms with Crippen LogP contribution < -0.4 is 0 Å². The highest BCUT2D eigenvalue weighted by molar-refractivity contribution is 5.89. The number of carboxylic acids is 1. The van der Waals surface area contributed by atoms with Gasteiger partial charge in [0, 0.05) is 6.08 Å². The predicted molar refractivity (Wildman–Crippen MR) is 36.1 cm³/mol. The highest BCUT2D eigenvalue weighted by Crippen LogP contribution is 1.95. The number of aliphatic carboxylic acids is 1. The molecule has 0 aliphatic carbocycles. The van der Waals surface area contributed by atoms with E-state index in [0.29, 0.717) is 0 Å². The normalized spacial score (nSPS) is 11.4. The smallest absolute Gasteiger partial charge is 0.335 e. The van der Waals surface area contributed by atoms with Gasteiger partial charge < -0.3 is 5.11 Å². The van der Waals surface area contributed by atoms with Crippen LogP contribution in [0.1, 0.15) is 6.92 Å². The minimum absolute atomic E-state index is 0.126. The Bertz CT molecular complexity index is 220. The minimum atomic E-state index is -1.02. The van der Waals surface area contributed by atoms with E-state index in [-0.39, 0.29) is 5.57 Å². The number of allylic oxidation sites excluding steroid dienone is 2. The number of nitrogens with zero attached hydrogens (tertiary/aromatic N) is 1. The van der Waals surface area contributed by atoms with Crippen molar-refractivity contribution in [2.75, 3.05) is 0 Å². The van der Waals surface area contributed by atoms with Crippen LogP contribution in [0.25, 0.3) is 0 Å². The van der Waals surface area contributed by atoms with E-state index in [1.807, 2.05) is 0 Å². The van der Waals surface area contributed by atoms with E-state index in [9.17, 15) is 4.79 Å². The van der Waals surface area contributed by atoms with E-state index < -0.39 is 5.97 Å². The zero-order chi connectivity index (χ0) is 7.98. The molecular weight excluding hydrogens is 130 g/mol. The molecule has 0 bridgehead atoms. The lowest BCUT2D eigenvalue weighted by Gasteiger charge is -1.87. The predicted octanol–water partition coefficient (Wildman–Crippen LogP) is 1.10. The molecule has 0 radical (unpaired) electrons. The Hall–Kier alpha value is -1.56. The van der Waals surface area contributed by atoms with Crippen LogP contribution in [0.5, 0.6) is 0 Å². The van der Waals surface area contributed by atoms with E-state index in [2.05, 4.69) is 0 Å². The molecule has 0 saturated carbocycles. The van der Waals surface area contributed by atoms with Gasteiger partial charge in [0.05, 0.1) is 11.6 Å². The third kappa shape index (κ3) is 2.68. The second-order valence-electron chi connectivity index (χ2n) is 1.51. The van der Waals surface area contributed by atoms with Crippen molar-refractivity contribution in [1.29, 1.82) is 5.26 Å². The van der Waals surface area contributed by atoms with Gasteiger partial charge >= 0.3 is 5.97 Å². The van der Waals surface area contributed by atoms with Gasteiger partial charge in [-0.05, 0) is 13.0 Å². The number of carboxylic acid groups (broad SMARTS) is 1. The van der Waals surface area contributed by atoms with Crippen molar-refractivity contribution >= 4 is 5.97 Å². The monoisotopic (exact) mass is 137 g/mol. The van der Waals surface area contributed by atoms with Crippen LogP contribution in [0.3, 0.4) is 0 Å². The molecular formula is C7H7NO2. The topological polar surface area (TPSA) is 61.1 Å². The van der Waals surface area contributed by atoms with E-state index in [0.717, 1.165) is 6.08 Å². The molecule has 0 aromatic rings. The third-order valence-electron chi connectivity index (χ3n) is 0.895. The molecule has 0 aliphatic rings. The Balaban J connectivity index is 4.30. The van der Waals surface area contributed by atoms with Crippen molar-refractivity contribution in [1.82, 2.24) is 0 Å². The fourth-order valence-electron chi connectivity index (χ4n) is 0.418. The maximum absolute atomic E-state index is 10.2. The molecule has 0 spiro atoms. The molecule has 0 aromatic heterocycles. The number of carbonyl (C=O) groups is 1. The molecule has 0 aromatic carbocycles. The first kappa shape index (κ1) is 8.44. The molecule has 0 aliphatic heterocycles. The van der Waals surface area contributed by atoms with Gasteiger partial charge in [-0.1, -0.05) is 6.08 Å². The maximum Gasteiger partial charge on any atom is 0.335 e. The van der Waals surface area contributed by atoms with Crippen molar-refractivity contribution in [3.63, 3.8) is 0 Å². The lowest BCUT2D eigenvalue weighted by molar-refractivity contribution is -0.132. The first-order chi connectivity index (χ1) is 4.72. The molecule has 0 saturated heterocycles. The third-order valence-corrected chi connectivity index (χ3v) is 0.895. The Morgan fingerprint density at radius 3 is 2.60 bits per heavy atom. The Labute approximate surface area is 58.9 Å². The van der Waals surface area contributed by atoms with Gasteiger partial charge in [0.1, 0.15) is 0 Å². The number of hydrogen-bond donors (Lipinski definition) is 1. The summed E-state index contributed by atoms with van der Waals surface area (Å²) in [5, 5.41) is 16.4. The van der Waals surface area contributed by atoms with Crippen molar-refractivity contribution < 1.29 is 9.90 Å². The summed E-state index contributed by atoms with van der Waals surface area (Å²) >= 11 is 0. The first-order valence-electron chi connectivity index (χ1n) is 2.68. The Kier molecular flexibility index (Phi) is 3.66. The molecule has 0 atom stereocenters. The van der Waals surface area contributed by atoms with Crippen molar-refractivity contribution in [2.24, 2.45) is 0 Å². The minimum Gasteiger partial charge on any atom is -0.478 e. The van der Waals surface area contributed by atoms with Crippen LogP contribution in [-0.2, 0) is 4.79 Å². The molecule has 10 heavy (non-hydrogen) atoms. The molecule has 0 heterocycles. The average Bonchev–Trinajstić information content (AvgIpc) is 1.89. The van der Waals surface area contributed by atoms with Crippen LogP contribution in [0.2, 0.25) is 0 Å². The molecule has 1 N–H and O–H groups in total. The van der Waals surface area contributed by atoms with E-state index in [1.54, 1.807) is 13.0 Å². The molecule has 3 heteroatoms. The van der Waals surface area contributed by atoms with Crippen LogP contribution >= 0.6 is 0 Å². The second kappa shape index (κ2) is 4.33. The summed E-state index contributed by atoms with van der Waals surface area (Å²) in [4.78, 5) is 10.2. The van der Waals surface area contributed by atoms with Crippen molar-refractivity contribution in [3.8, 4) is 6.07 Å². The van der Waals surface area contributed by atoms with Gasteiger partial charge in [-0.2, -0.15) is 5.26 Å². The SMILES string of the molecule is CC=C(C=CC#N)C(=O)O. The van der Waals surface area contributed by atoms with Gasteiger partial charge in [-0.3, -0.25) is 0 Å². The highest BCUT2D eigenvalue weighted by atomic mass is 16.4. The number of hydrogen-bond acceptors (Lipinski definition) is 2. The van der Waals surface area contributed by atoms with Gasteiger partial charge in [-0.15, -0.1) is 0 Å². The fourth-order valence-corrected chi connectivity index (χ4v) is 0.418. The molecule has 52 valence electrons.